The molecule has 0 aliphatic heterocycles. The number of hydrogen-bond donors (Lipinski definition) is 0. The molecule has 0 aliphatic carbocycles. The fourth-order valence-electron chi connectivity index (χ4n) is 9.08. The standard InChI is InChI=1S/C50H26N4O2/c1-52-39-27-30(28-51)44(29-13-3-2-4-14-29)48(54-41-20-10-6-16-32(41)36-24-26-38-34-18-8-12-22-43(34)56-50(38)46(36)54)47(39)53-40-19-9-5-15-31(40)35-23-25-37-33-17-7-11-21-42(33)55-49(37)45(35)53/h2-27H. The summed E-state index contributed by atoms with van der Waals surface area (Å²) < 4.78 is 18.0. The molecule has 56 heavy (non-hydrogen) atoms. The molecule has 0 saturated carbocycles. The van der Waals surface area contributed by atoms with E-state index in [1.54, 1.807) is 6.07 Å². The number of rotatable bonds is 3. The molecule has 4 aromatic heterocycles. The van der Waals surface area contributed by atoms with Crippen LogP contribution in [0, 0.1) is 17.9 Å². The van der Waals surface area contributed by atoms with Crippen molar-refractivity contribution in [1.29, 1.82) is 5.26 Å². The van der Waals surface area contributed by atoms with Crippen molar-refractivity contribution in [2.75, 3.05) is 0 Å². The third-order valence-electron chi connectivity index (χ3n) is 11.4. The maximum absolute atomic E-state index is 11.0. The second-order valence-corrected chi connectivity index (χ2v) is 14.2. The smallest absolute Gasteiger partial charge is 0.214 e. The summed E-state index contributed by atoms with van der Waals surface area (Å²) in [6.07, 6.45) is 0. The Morgan fingerprint density at radius 3 is 1.48 bits per heavy atom. The highest BCUT2D eigenvalue weighted by molar-refractivity contribution is 6.24. The number of para-hydroxylation sites is 4. The molecule has 4 heterocycles. The van der Waals surface area contributed by atoms with Crippen LogP contribution in [-0.2, 0) is 0 Å². The molecule has 12 aromatic rings. The Hall–Kier alpha value is -8.06. The Balaban J connectivity index is 1.39. The number of benzene rings is 8. The molecule has 0 unspecified atom stereocenters. The predicted octanol–water partition coefficient (Wildman–Crippen LogP) is 13.8. The van der Waals surface area contributed by atoms with E-state index in [0.717, 1.165) is 93.1 Å². The zero-order valence-corrected chi connectivity index (χ0v) is 29.6. The minimum absolute atomic E-state index is 0.342. The normalized spacial score (nSPS) is 11.9. The lowest BCUT2D eigenvalue weighted by atomic mass is 9.95. The van der Waals surface area contributed by atoms with Gasteiger partial charge in [-0.15, -0.1) is 0 Å². The van der Waals surface area contributed by atoms with E-state index in [1.165, 1.54) is 0 Å². The van der Waals surface area contributed by atoms with Crippen LogP contribution < -0.4 is 0 Å². The lowest BCUT2D eigenvalue weighted by Crippen LogP contribution is -2.08. The van der Waals surface area contributed by atoms with E-state index in [9.17, 15) is 5.26 Å². The van der Waals surface area contributed by atoms with Crippen molar-refractivity contribution in [2.24, 2.45) is 0 Å². The summed E-state index contributed by atoms with van der Waals surface area (Å²) in [6.45, 7) is 8.80. The number of aromatic nitrogens is 2. The molecule has 0 amide bonds. The van der Waals surface area contributed by atoms with Gasteiger partial charge >= 0.3 is 0 Å². The molecule has 0 radical (unpaired) electrons. The van der Waals surface area contributed by atoms with Crippen LogP contribution in [0.25, 0.3) is 115 Å². The topological polar surface area (TPSA) is 64.3 Å². The second-order valence-electron chi connectivity index (χ2n) is 14.2. The SMILES string of the molecule is [C-]#[N+]c1cc(C#N)c(-c2ccccc2)c(-n2c3ccccc3c3ccc4c5ccccc5oc4c32)c1-n1c2ccccc2c2ccc3c4ccccc4oc3c21. The van der Waals surface area contributed by atoms with Gasteiger partial charge in [0.2, 0.25) is 5.69 Å². The fourth-order valence-corrected chi connectivity index (χ4v) is 9.08. The van der Waals surface area contributed by atoms with Gasteiger partial charge in [-0.05, 0) is 48.0 Å². The summed E-state index contributed by atoms with van der Waals surface area (Å²) >= 11 is 0. The summed E-state index contributed by atoms with van der Waals surface area (Å²) in [4.78, 5) is 4.24. The first-order valence-corrected chi connectivity index (χ1v) is 18.4. The third kappa shape index (κ3) is 3.92. The Kier molecular flexibility index (Phi) is 6.10. The Morgan fingerprint density at radius 2 is 0.946 bits per heavy atom. The Morgan fingerprint density at radius 1 is 0.482 bits per heavy atom. The van der Waals surface area contributed by atoms with Gasteiger partial charge in [0.05, 0.1) is 51.6 Å². The van der Waals surface area contributed by atoms with Gasteiger partial charge in [0, 0.05) is 48.7 Å². The van der Waals surface area contributed by atoms with Crippen LogP contribution in [0.1, 0.15) is 5.56 Å². The molecular formula is C50H26N4O2. The van der Waals surface area contributed by atoms with Gasteiger partial charge in [-0.25, -0.2) is 4.85 Å². The number of hydrogen-bond acceptors (Lipinski definition) is 3. The van der Waals surface area contributed by atoms with Crippen molar-refractivity contribution in [3.63, 3.8) is 0 Å². The summed E-state index contributed by atoms with van der Waals surface area (Å²) in [5.74, 6) is 0. The largest absolute Gasteiger partial charge is 0.454 e. The van der Waals surface area contributed by atoms with E-state index in [1.807, 2.05) is 84.9 Å². The van der Waals surface area contributed by atoms with Crippen molar-refractivity contribution < 1.29 is 8.83 Å². The van der Waals surface area contributed by atoms with Crippen LogP contribution in [0.3, 0.4) is 0 Å². The molecule has 6 nitrogen and oxygen atoms in total. The van der Waals surface area contributed by atoms with Crippen molar-refractivity contribution in [3.8, 4) is 28.6 Å². The average Bonchev–Trinajstić information content (AvgIpc) is 4.01. The van der Waals surface area contributed by atoms with Crippen LogP contribution in [0.4, 0.5) is 5.69 Å². The minimum atomic E-state index is 0.342. The lowest BCUT2D eigenvalue weighted by Gasteiger charge is -2.23. The molecule has 0 fully saturated rings. The van der Waals surface area contributed by atoms with E-state index in [4.69, 9.17) is 15.4 Å². The molecule has 258 valence electrons. The molecule has 0 aliphatic rings. The van der Waals surface area contributed by atoms with E-state index >= 15 is 0 Å². The highest BCUT2D eigenvalue weighted by Crippen LogP contribution is 2.50. The maximum atomic E-state index is 11.0. The molecule has 0 N–H and O–H groups in total. The first kappa shape index (κ1) is 30.4. The number of nitrogens with zero attached hydrogens (tertiary/aromatic N) is 4. The van der Waals surface area contributed by atoms with Gasteiger partial charge in [0.25, 0.3) is 0 Å². The Bertz CT molecular complexity index is 3730. The monoisotopic (exact) mass is 714 g/mol. The zero-order chi connectivity index (χ0) is 37.1. The van der Waals surface area contributed by atoms with E-state index < -0.39 is 0 Å². The van der Waals surface area contributed by atoms with Crippen molar-refractivity contribution in [2.45, 2.75) is 0 Å². The van der Waals surface area contributed by atoms with E-state index in [0.29, 0.717) is 28.2 Å². The molecule has 6 heteroatoms. The van der Waals surface area contributed by atoms with Gasteiger partial charge in [0.15, 0.2) is 11.2 Å². The van der Waals surface area contributed by atoms with Gasteiger partial charge in [0.1, 0.15) is 11.2 Å². The first-order chi connectivity index (χ1) is 27.7. The Labute approximate surface area is 318 Å². The summed E-state index contributed by atoms with van der Waals surface area (Å²) in [7, 11) is 0. The molecule has 0 saturated heterocycles. The molecule has 0 spiro atoms. The van der Waals surface area contributed by atoms with Crippen molar-refractivity contribution in [3.05, 3.63) is 175 Å². The number of furan rings is 2. The van der Waals surface area contributed by atoms with Crippen LogP contribution >= 0.6 is 0 Å². The second kappa shape index (κ2) is 11.2. The fraction of sp³-hybridized carbons (Fsp3) is 0. The quantitative estimate of drug-likeness (QED) is 0.171. The molecule has 0 bridgehead atoms. The predicted molar refractivity (Wildman–Crippen MR) is 226 cm³/mol. The molecule has 8 aromatic carbocycles. The number of nitriles is 1. The average molecular weight is 715 g/mol. The summed E-state index contributed by atoms with van der Waals surface area (Å²) in [5.41, 5.74) is 10.3. The van der Waals surface area contributed by atoms with Crippen molar-refractivity contribution in [1.82, 2.24) is 9.13 Å². The van der Waals surface area contributed by atoms with Crippen LogP contribution in [-0.4, -0.2) is 9.13 Å². The maximum Gasteiger partial charge on any atom is 0.214 e. The molecule has 0 atom stereocenters. The molecule has 12 rings (SSSR count). The third-order valence-corrected chi connectivity index (χ3v) is 11.4. The summed E-state index contributed by atoms with van der Waals surface area (Å²) in [5, 5.41) is 19.1. The highest BCUT2D eigenvalue weighted by atomic mass is 16.3. The minimum Gasteiger partial charge on any atom is -0.454 e. The lowest BCUT2D eigenvalue weighted by molar-refractivity contribution is 0.670. The van der Waals surface area contributed by atoms with Gasteiger partial charge in [-0.2, -0.15) is 5.26 Å². The molecular weight excluding hydrogens is 689 g/mol. The van der Waals surface area contributed by atoms with E-state index in [2.05, 4.69) is 86.8 Å². The van der Waals surface area contributed by atoms with Crippen molar-refractivity contribution >= 4 is 93.2 Å². The first-order valence-electron chi connectivity index (χ1n) is 18.4. The van der Waals surface area contributed by atoms with Gasteiger partial charge < -0.3 is 18.0 Å². The summed E-state index contributed by atoms with van der Waals surface area (Å²) in [6, 6.07) is 55.7. The van der Waals surface area contributed by atoms with Crippen LogP contribution in [0.2, 0.25) is 0 Å². The van der Waals surface area contributed by atoms with E-state index in [-0.39, 0.29) is 0 Å². The van der Waals surface area contributed by atoms with Gasteiger partial charge in [-0.3, -0.25) is 0 Å². The zero-order valence-electron chi connectivity index (χ0n) is 29.6. The van der Waals surface area contributed by atoms with Crippen LogP contribution in [0.15, 0.2) is 167 Å². The highest BCUT2D eigenvalue weighted by Gasteiger charge is 2.30. The van der Waals surface area contributed by atoms with Gasteiger partial charge in [-0.1, -0.05) is 115 Å². The number of fused-ring (bicyclic) bond motifs is 14. The van der Waals surface area contributed by atoms with Crippen LogP contribution in [0.5, 0.6) is 0 Å².